The largest absolute Gasteiger partial charge is 0.492 e. The number of aromatic nitrogens is 4. The van der Waals surface area contributed by atoms with Gasteiger partial charge >= 0.3 is 0 Å². The average molecular weight is 429 g/mol. The standard InChI is InChI=1S/C19H21BrN6O/c20-17-13-15(1-2-16(17)19-23-5-6-24-19)27-12-11-25-7-9-26(10-8-25)18-14-21-3-4-22-18/h1-6,13-14H,7-12H2,(H,23,24). The number of hydrogen-bond acceptors (Lipinski definition) is 6. The summed E-state index contributed by atoms with van der Waals surface area (Å²) in [4.78, 5) is 20.6. The fourth-order valence-electron chi connectivity index (χ4n) is 3.14. The molecule has 2 aromatic heterocycles. The number of rotatable bonds is 6. The number of hydrogen-bond donors (Lipinski definition) is 1. The van der Waals surface area contributed by atoms with Crippen LogP contribution in [-0.4, -0.2) is 64.2 Å². The summed E-state index contributed by atoms with van der Waals surface area (Å²) in [5.41, 5.74) is 1.02. The molecule has 27 heavy (non-hydrogen) atoms. The Bertz CT molecular complexity index is 850. The third-order valence-electron chi connectivity index (χ3n) is 4.62. The van der Waals surface area contributed by atoms with Crippen LogP contribution in [0.15, 0.2) is 53.7 Å². The van der Waals surface area contributed by atoms with Gasteiger partial charge in [0.15, 0.2) is 0 Å². The molecule has 1 aromatic carbocycles. The predicted octanol–water partition coefficient (Wildman–Crippen LogP) is 2.83. The molecule has 3 heterocycles. The first-order valence-electron chi connectivity index (χ1n) is 8.95. The van der Waals surface area contributed by atoms with Crippen molar-refractivity contribution in [2.75, 3.05) is 44.2 Å². The van der Waals surface area contributed by atoms with Crippen LogP contribution in [0.3, 0.4) is 0 Å². The molecule has 0 bridgehead atoms. The van der Waals surface area contributed by atoms with E-state index >= 15 is 0 Å². The zero-order chi connectivity index (χ0) is 18.5. The molecule has 4 rings (SSSR count). The Balaban J connectivity index is 1.24. The summed E-state index contributed by atoms with van der Waals surface area (Å²) in [6.45, 7) is 5.50. The molecule has 0 amide bonds. The second kappa shape index (κ2) is 8.49. The third-order valence-corrected chi connectivity index (χ3v) is 5.27. The highest BCUT2D eigenvalue weighted by atomic mass is 79.9. The molecule has 1 saturated heterocycles. The molecule has 8 heteroatoms. The quantitative estimate of drug-likeness (QED) is 0.650. The summed E-state index contributed by atoms with van der Waals surface area (Å²) in [6, 6.07) is 5.98. The minimum absolute atomic E-state index is 0.664. The average Bonchev–Trinajstić information content (AvgIpc) is 3.24. The van der Waals surface area contributed by atoms with Gasteiger partial charge in [0.05, 0.1) is 6.20 Å². The highest BCUT2D eigenvalue weighted by Crippen LogP contribution is 2.29. The summed E-state index contributed by atoms with van der Waals surface area (Å²) >= 11 is 3.60. The topological polar surface area (TPSA) is 70.2 Å². The number of piperazine rings is 1. The summed E-state index contributed by atoms with van der Waals surface area (Å²) in [6.07, 6.45) is 8.83. The Labute approximate surface area is 166 Å². The maximum atomic E-state index is 5.94. The van der Waals surface area contributed by atoms with E-state index in [1.165, 1.54) is 0 Å². The van der Waals surface area contributed by atoms with Crippen molar-refractivity contribution in [3.8, 4) is 17.1 Å². The third kappa shape index (κ3) is 4.45. The van der Waals surface area contributed by atoms with Gasteiger partial charge in [0.25, 0.3) is 0 Å². The number of imidazole rings is 1. The molecule has 1 aliphatic heterocycles. The molecule has 1 N–H and O–H groups in total. The zero-order valence-corrected chi connectivity index (χ0v) is 16.5. The highest BCUT2D eigenvalue weighted by Gasteiger charge is 2.17. The molecule has 0 spiro atoms. The van der Waals surface area contributed by atoms with Crippen LogP contribution in [0.5, 0.6) is 5.75 Å². The second-order valence-corrected chi connectivity index (χ2v) is 7.17. The van der Waals surface area contributed by atoms with Crippen LogP contribution in [0.4, 0.5) is 5.82 Å². The Morgan fingerprint density at radius 3 is 2.67 bits per heavy atom. The van der Waals surface area contributed by atoms with Crippen molar-refractivity contribution in [1.29, 1.82) is 0 Å². The lowest BCUT2D eigenvalue weighted by Crippen LogP contribution is -2.47. The molecule has 0 saturated carbocycles. The number of aromatic amines is 1. The fourth-order valence-corrected chi connectivity index (χ4v) is 3.68. The van der Waals surface area contributed by atoms with Crippen LogP contribution in [0.25, 0.3) is 11.4 Å². The van der Waals surface area contributed by atoms with Gasteiger partial charge in [-0.3, -0.25) is 9.88 Å². The minimum atomic E-state index is 0.664. The van der Waals surface area contributed by atoms with Gasteiger partial charge in [-0.2, -0.15) is 0 Å². The van der Waals surface area contributed by atoms with E-state index in [1.807, 2.05) is 30.6 Å². The molecular weight excluding hydrogens is 408 g/mol. The number of halogens is 1. The molecule has 7 nitrogen and oxygen atoms in total. The number of nitrogens with zero attached hydrogens (tertiary/aromatic N) is 5. The molecule has 0 atom stereocenters. The van der Waals surface area contributed by atoms with Crippen molar-refractivity contribution in [1.82, 2.24) is 24.8 Å². The molecule has 140 valence electrons. The van der Waals surface area contributed by atoms with Crippen LogP contribution in [0, 0.1) is 0 Å². The van der Waals surface area contributed by atoms with Gasteiger partial charge in [-0.05, 0) is 34.1 Å². The van der Waals surface area contributed by atoms with Gasteiger partial charge in [-0.25, -0.2) is 9.97 Å². The van der Waals surface area contributed by atoms with Crippen molar-refractivity contribution in [3.63, 3.8) is 0 Å². The fraction of sp³-hybridized carbons (Fsp3) is 0.316. The number of H-pyrrole nitrogens is 1. The van der Waals surface area contributed by atoms with Crippen molar-refractivity contribution >= 4 is 21.7 Å². The second-order valence-electron chi connectivity index (χ2n) is 6.32. The van der Waals surface area contributed by atoms with E-state index in [0.29, 0.717) is 6.61 Å². The number of nitrogens with one attached hydrogen (secondary N) is 1. The van der Waals surface area contributed by atoms with Crippen LogP contribution >= 0.6 is 15.9 Å². The Hall–Kier alpha value is -2.45. The van der Waals surface area contributed by atoms with Crippen molar-refractivity contribution in [2.24, 2.45) is 0 Å². The molecular formula is C19H21BrN6O. The predicted molar refractivity (Wildman–Crippen MR) is 108 cm³/mol. The monoisotopic (exact) mass is 428 g/mol. The van der Waals surface area contributed by atoms with Gasteiger partial charge in [-0.1, -0.05) is 0 Å². The lowest BCUT2D eigenvalue weighted by atomic mass is 10.2. The number of benzene rings is 1. The van der Waals surface area contributed by atoms with E-state index < -0.39 is 0 Å². The maximum absolute atomic E-state index is 5.94. The van der Waals surface area contributed by atoms with E-state index in [1.54, 1.807) is 18.6 Å². The molecule has 1 fully saturated rings. The number of ether oxygens (including phenoxy) is 1. The van der Waals surface area contributed by atoms with Crippen LogP contribution in [0.2, 0.25) is 0 Å². The Kier molecular flexibility index (Phi) is 5.64. The van der Waals surface area contributed by atoms with Crippen molar-refractivity contribution in [2.45, 2.75) is 0 Å². The van der Waals surface area contributed by atoms with E-state index in [9.17, 15) is 0 Å². The summed E-state index contributed by atoms with van der Waals surface area (Å²) in [5, 5.41) is 0. The van der Waals surface area contributed by atoms with Crippen LogP contribution in [0.1, 0.15) is 0 Å². The van der Waals surface area contributed by atoms with Gasteiger partial charge < -0.3 is 14.6 Å². The summed E-state index contributed by atoms with van der Waals surface area (Å²) in [5.74, 6) is 2.65. The van der Waals surface area contributed by atoms with Crippen LogP contribution in [-0.2, 0) is 0 Å². The normalized spacial score (nSPS) is 15.1. The molecule has 0 aliphatic carbocycles. The lowest BCUT2D eigenvalue weighted by molar-refractivity contribution is 0.200. The lowest BCUT2D eigenvalue weighted by Gasteiger charge is -2.35. The van der Waals surface area contributed by atoms with Crippen molar-refractivity contribution in [3.05, 3.63) is 53.7 Å². The Morgan fingerprint density at radius 2 is 1.96 bits per heavy atom. The van der Waals surface area contributed by atoms with E-state index in [4.69, 9.17) is 4.74 Å². The number of anilines is 1. The van der Waals surface area contributed by atoms with Gasteiger partial charge in [0.1, 0.15) is 24.0 Å². The van der Waals surface area contributed by atoms with E-state index in [2.05, 4.69) is 45.7 Å². The molecule has 1 aliphatic rings. The van der Waals surface area contributed by atoms with Crippen LogP contribution < -0.4 is 9.64 Å². The SMILES string of the molecule is Brc1cc(OCCN2CCN(c3cnccn3)CC2)ccc1-c1ncc[nH]1. The first-order valence-corrected chi connectivity index (χ1v) is 9.74. The highest BCUT2D eigenvalue weighted by molar-refractivity contribution is 9.10. The molecule has 0 radical (unpaired) electrons. The Morgan fingerprint density at radius 1 is 1.07 bits per heavy atom. The summed E-state index contributed by atoms with van der Waals surface area (Å²) in [7, 11) is 0. The van der Waals surface area contributed by atoms with Gasteiger partial charge in [-0.15, -0.1) is 0 Å². The first kappa shape index (κ1) is 17.9. The van der Waals surface area contributed by atoms with E-state index in [0.717, 1.165) is 60.2 Å². The molecule has 3 aromatic rings. The van der Waals surface area contributed by atoms with E-state index in [-0.39, 0.29) is 0 Å². The maximum Gasteiger partial charge on any atom is 0.147 e. The van der Waals surface area contributed by atoms with Gasteiger partial charge in [0, 0.05) is 67.5 Å². The van der Waals surface area contributed by atoms with Gasteiger partial charge in [0.2, 0.25) is 0 Å². The zero-order valence-electron chi connectivity index (χ0n) is 14.9. The smallest absolute Gasteiger partial charge is 0.147 e. The molecule has 0 unspecified atom stereocenters. The van der Waals surface area contributed by atoms with Crippen molar-refractivity contribution < 1.29 is 4.74 Å². The summed E-state index contributed by atoms with van der Waals surface area (Å²) < 4.78 is 6.90. The minimum Gasteiger partial charge on any atom is -0.492 e. The first-order chi connectivity index (χ1) is 13.3.